The van der Waals surface area contributed by atoms with Gasteiger partial charge in [-0.05, 0) is 17.5 Å². The van der Waals surface area contributed by atoms with Crippen LogP contribution in [0.5, 0.6) is 0 Å². The van der Waals surface area contributed by atoms with Gasteiger partial charge in [0.15, 0.2) is 11.5 Å². The van der Waals surface area contributed by atoms with Crippen molar-refractivity contribution in [3.8, 4) is 10.6 Å². The summed E-state index contributed by atoms with van der Waals surface area (Å²) in [5.74, 6) is 1.34. The number of aromatic nitrogens is 1. The maximum absolute atomic E-state index is 12.8. The van der Waals surface area contributed by atoms with Gasteiger partial charge in [0.1, 0.15) is 11.3 Å². The Bertz CT molecular complexity index is 1050. The summed E-state index contributed by atoms with van der Waals surface area (Å²) < 4.78 is 11.2. The number of hydrogen-bond donors (Lipinski definition) is 0. The molecular weight excluding hydrogens is 348 g/mol. The normalized spacial score (nSPS) is 11.2. The van der Waals surface area contributed by atoms with Gasteiger partial charge in [0.25, 0.3) is 5.91 Å². The van der Waals surface area contributed by atoms with E-state index in [4.69, 9.17) is 8.94 Å². The quantitative estimate of drug-likeness (QED) is 0.499. The van der Waals surface area contributed by atoms with Crippen LogP contribution < -0.4 is 0 Å². The fraction of sp³-hybridized carbons (Fsp3) is 0.200. The summed E-state index contributed by atoms with van der Waals surface area (Å²) in [5.41, 5.74) is 2.20. The Morgan fingerprint density at radius 1 is 1.23 bits per heavy atom. The summed E-state index contributed by atoms with van der Waals surface area (Å²) in [6, 6.07) is 13.5. The maximum Gasteiger partial charge on any atom is 0.276 e. The minimum Gasteiger partial charge on any atom is -0.461 e. The zero-order chi connectivity index (χ0) is 18.1. The molecular formula is C20H18N2O3S. The number of benzene rings is 1. The first-order chi connectivity index (χ1) is 12.7. The zero-order valence-corrected chi connectivity index (χ0v) is 15.4. The molecule has 0 fully saturated rings. The van der Waals surface area contributed by atoms with E-state index in [0.29, 0.717) is 18.0 Å². The number of thiophene rings is 1. The Morgan fingerprint density at radius 2 is 2.08 bits per heavy atom. The minimum absolute atomic E-state index is 0.177. The van der Waals surface area contributed by atoms with Crippen molar-refractivity contribution in [1.29, 1.82) is 0 Å². The average Bonchev–Trinajstić information content (AvgIpc) is 3.40. The Balaban J connectivity index is 1.59. The summed E-state index contributed by atoms with van der Waals surface area (Å²) in [4.78, 5) is 15.4. The molecule has 1 amide bonds. The van der Waals surface area contributed by atoms with Gasteiger partial charge in [-0.2, -0.15) is 0 Å². The summed E-state index contributed by atoms with van der Waals surface area (Å²) in [6.45, 7) is 2.51. The van der Waals surface area contributed by atoms with E-state index in [2.05, 4.69) is 5.16 Å². The van der Waals surface area contributed by atoms with Gasteiger partial charge in [-0.25, -0.2) is 0 Å². The van der Waals surface area contributed by atoms with Crippen LogP contribution in [0.1, 0.15) is 28.7 Å². The highest BCUT2D eigenvalue weighted by Gasteiger charge is 2.21. The Hall–Kier alpha value is -2.86. The Labute approximate surface area is 154 Å². The molecule has 0 spiro atoms. The van der Waals surface area contributed by atoms with Crippen molar-refractivity contribution in [1.82, 2.24) is 10.1 Å². The summed E-state index contributed by atoms with van der Waals surface area (Å²) >= 11 is 1.55. The van der Waals surface area contributed by atoms with Crippen molar-refractivity contribution < 1.29 is 13.7 Å². The smallest absolute Gasteiger partial charge is 0.276 e. The first kappa shape index (κ1) is 16.6. The van der Waals surface area contributed by atoms with Crippen molar-refractivity contribution >= 4 is 28.2 Å². The van der Waals surface area contributed by atoms with E-state index >= 15 is 0 Å². The lowest BCUT2D eigenvalue weighted by molar-refractivity contribution is 0.0775. The SMILES string of the molecule is CCc1oc2ccccc2c1CN(C)C(=O)c1cc(-c2cccs2)on1. The predicted molar refractivity (Wildman–Crippen MR) is 101 cm³/mol. The predicted octanol–water partition coefficient (Wildman–Crippen LogP) is 4.98. The molecule has 0 aliphatic carbocycles. The first-order valence-corrected chi connectivity index (χ1v) is 9.30. The number of hydrogen-bond acceptors (Lipinski definition) is 5. The van der Waals surface area contributed by atoms with Gasteiger partial charge in [0.2, 0.25) is 0 Å². The lowest BCUT2D eigenvalue weighted by Crippen LogP contribution is -2.26. The first-order valence-electron chi connectivity index (χ1n) is 8.42. The number of nitrogens with zero attached hydrogens (tertiary/aromatic N) is 2. The number of carbonyl (C=O) groups excluding carboxylic acids is 1. The third kappa shape index (κ3) is 2.93. The van der Waals surface area contributed by atoms with Gasteiger partial charge in [-0.3, -0.25) is 4.79 Å². The summed E-state index contributed by atoms with van der Waals surface area (Å²) in [6.07, 6.45) is 0.776. The van der Waals surface area contributed by atoms with E-state index in [1.165, 1.54) is 0 Å². The highest BCUT2D eigenvalue weighted by molar-refractivity contribution is 7.13. The van der Waals surface area contributed by atoms with Crippen molar-refractivity contribution in [2.75, 3.05) is 7.05 Å². The molecule has 0 bridgehead atoms. The van der Waals surface area contributed by atoms with E-state index < -0.39 is 0 Å². The highest BCUT2D eigenvalue weighted by Crippen LogP contribution is 2.28. The van der Waals surface area contributed by atoms with Gasteiger partial charge >= 0.3 is 0 Å². The molecule has 6 heteroatoms. The van der Waals surface area contributed by atoms with Crippen LogP contribution in [0.3, 0.4) is 0 Å². The number of carbonyl (C=O) groups is 1. The van der Waals surface area contributed by atoms with Crippen LogP contribution in [0.25, 0.3) is 21.6 Å². The van der Waals surface area contributed by atoms with E-state index in [0.717, 1.165) is 33.6 Å². The molecule has 4 aromatic rings. The maximum atomic E-state index is 12.8. The van der Waals surface area contributed by atoms with Crippen LogP contribution in [0.2, 0.25) is 0 Å². The molecule has 132 valence electrons. The van der Waals surface area contributed by atoms with Crippen molar-refractivity contribution in [2.45, 2.75) is 19.9 Å². The van der Waals surface area contributed by atoms with Gasteiger partial charge in [0, 0.05) is 37.0 Å². The lowest BCUT2D eigenvalue weighted by atomic mass is 10.1. The fourth-order valence-corrected chi connectivity index (χ4v) is 3.70. The second-order valence-corrected chi connectivity index (χ2v) is 7.02. The third-order valence-electron chi connectivity index (χ3n) is 4.34. The molecule has 0 saturated heterocycles. The molecule has 3 aromatic heterocycles. The summed E-state index contributed by atoms with van der Waals surface area (Å²) in [5, 5.41) is 6.95. The molecule has 1 aromatic carbocycles. The second-order valence-electron chi connectivity index (χ2n) is 6.07. The molecule has 0 N–H and O–H groups in total. The molecule has 26 heavy (non-hydrogen) atoms. The van der Waals surface area contributed by atoms with Crippen molar-refractivity contribution in [3.05, 3.63) is 64.9 Å². The molecule has 0 atom stereocenters. The highest BCUT2D eigenvalue weighted by atomic mass is 32.1. The number of rotatable bonds is 5. The van der Waals surface area contributed by atoms with E-state index in [1.54, 1.807) is 29.4 Å². The molecule has 0 aliphatic rings. The minimum atomic E-state index is -0.177. The molecule has 4 rings (SSSR count). The number of amides is 1. The number of aryl methyl sites for hydroxylation is 1. The third-order valence-corrected chi connectivity index (χ3v) is 5.22. The molecule has 0 unspecified atom stereocenters. The van der Waals surface area contributed by atoms with Crippen LogP contribution in [0.15, 0.2) is 56.8 Å². The average molecular weight is 366 g/mol. The molecule has 0 radical (unpaired) electrons. The largest absolute Gasteiger partial charge is 0.461 e. The second kappa shape index (κ2) is 6.80. The number of para-hydroxylation sites is 1. The lowest BCUT2D eigenvalue weighted by Gasteiger charge is -2.15. The standard InChI is InChI=1S/C20H18N2O3S/c1-3-16-14(13-7-4-5-8-17(13)24-16)12-22(2)20(23)15-11-18(25-21-15)19-9-6-10-26-19/h4-11H,3,12H2,1-2H3. The van der Waals surface area contributed by atoms with Gasteiger partial charge in [-0.1, -0.05) is 36.3 Å². The van der Waals surface area contributed by atoms with E-state index in [9.17, 15) is 4.79 Å². The molecule has 0 saturated carbocycles. The van der Waals surface area contributed by atoms with E-state index in [-0.39, 0.29) is 5.91 Å². The van der Waals surface area contributed by atoms with Crippen LogP contribution >= 0.6 is 11.3 Å². The zero-order valence-electron chi connectivity index (χ0n) is 14.6. The van der Waals surface area contributed by atoms with Crippen LogP contribution in [-0.2, 0) is 13.0 Å². The molecule has 0 aliphatic heterocycles. The summed E-state index contributed by atoms with van der Waals surface area (Å²) in [7, 11) is 1.77. The molecule has 5 nitrogen and oxygen atoms in total. The topological polar surface area (TPSA) is 59.5 Å². The van der Waals surface area contributed by atoms with Crippen LogP contribution in [0, 0.1) is 0 Å². The van der Waals surface area contributed by atoms with Crippen LogP contribution in [-0.4, -0.2) is 23.0 Å². The van der Waals surface area contributed by atoms with Gasteiger partial charge < -0.3 is 13.8 Å². The Morgan fingerprint density at radius 3 is 2.85 bits per heavy atom. The molecule has 3 heterocycles. The van der Waals surface area contributed by atoms with Gasteiger partial charge in [0.05, 0.1) is 4.88 Å². The fourth-order valence-electron chi connectivity index (χ4n) is 3.02. The van der Waals surface area contributed by atoms with Crippen LogP contribution in [0.4, 0.5) is 0 Å². The van der Waals surface area contributed by atoms with E-state index in [1.807, 2.05) is 48.7 Å². The van der Waals surface area contributed by atoms with Crippen molar-refractivity contribution in [3.63, 3.8) is 0 Å². The number of furan rings is 1. The monoisotopic (exact) mass is 366 g/mol. The van der Waals surface area contributed by atoms with Gasteiger partial charge in [-0.15, -0.1) is 11.3 Å². The van der Waals surface area contributed by atoms with Crippen molar-refractivity contribution in [2.24, 2.45) is 0 Å². The number of fused-ring (bicyclic) bond motifs is 1. The Kier molecular flexibility index (Phi) is 4.34.